The van der Waals surface area contributed by atoms with Gasteiger partial charge in [0, 0.05) is 31.1 Å². The SMILES string of the molecule is CCCC(C)CC(=O)N1CCNCC1c1cccc(Cl)c1.Cl. The quantitative estimate of drug-likeness (QED) is 0.873. The molecule has 1 aromatic carbocycles. The lowest BCUT2D eigenvalue weighted by molar-refractivity contribution is -0.135. The van der Waals surface area contributed by atoms with E-state index in [1.165, 1.54) is 0 Å². The Bertz CT molecular complexity index is 481. The van der Waals surface area contributed by atoms with Gasteiger partial charge in [-0.25, -0.2) is 0 Å². The van der Waals surface area contributed by atoms with Crippen molar-refractivity contribution >= 4 is 29.9 Å². The van der Waals surface area contributed by atoms with Crippen LogP contribution in [-0.2, 0) is 4.79 Å². The second-order valence-electron chi connectivity index (χ2n) is 5.96. The van der Waals surface area contributed by atoms with Crippen LogP contribution in [0.5, 0.6) is 0 Å². The number of piperazine rings is 1. The molecule has 1 heterocycles. The molecule has 1 fully saturated rings. The molecule has 1 aromatic rings. The number of benzene rings is 1. The molecule has 124 valence electrons. The third-order valence-electron chi connectivity index (χ3n) is 4.10. The summed E-state index contributed by atoms with van der Waals surface area (Å²) in [6.07, 6.45) is 2.89. The van der Waals surface area contributed by atoms with Crippen molar-refractivity contribution in [2.24, 2.45) is 5.92 Å². The summed E-state index contributed by atoms with van der Waals surface area (Å²) >= 11 is 6.09. The zero-order chi connectivity index (χ0) is 15.2. The largest absolute Gasteiger partial charge is 0.333 e. The van der Waals surface area contributed by atoms with E-state index in [0.29, 0.717) is 12.3 Å². The fourth-order valence-corrected chi connectivity index (χ4v) is 3.22. The molecule has 2 unspecified atom stereocenters. The Morgan fingerprint density at radius 3 is 2.95 bits per heavy atom. The lowest BCUT2D eigenvalue weighted by atomic mass is 9.98. The normalized spacial score (nSPS) is 19.4. The first-order chi connectivity index (χ1) is 10.1. The molecule has 2 atom stereocenters. The number of amides is 1. The fraction of sp³-hybridized carbons (Fsp3) is 0.588. The molecule has 0 aromatic heterocycles. The van der Waals surface area contributed by atoms with Gasteiger partial charge in [0.25, 0.3) is 0 Å². The van der Waals surface area contributed by atoms with Crippen LogP contribution in [0.25, 0.3) is 0 Å². The minimum absolute atomic E-state index is 0. The number of halogens is 2. The Labute approximate surface area is 144 Å². The van der Waals surface area contributed by atoms with E-state index in [9.17, 15) is 4.79 Å². The molecular formula is C17H26Cl2N2O. The average molecular weight is 345 g/mol. The fourth-order valence-electron chi connectivity index (χ4n) is 3.02. The highest BCUT2D eigenvalue weighted by Gasteiger charge is 2.28. The van der Waals surface area contributed by atoms with Crippen LogP contribution < -0.4 is 5.32 Å². The molecule has 2 rings (SSSR count). The average Bonchev–Trinajstić information content (AvgIpc) is 2.47. The predicted octanol–water partition coefficient (Wildman–Crippen LogP) is 4.06. The maximum atomic E-state index is 12.6. The molecule has 0 radical (unpaired) electrons. The molecule has 0 saturated carbocycles. The highest BCUT2D eigenvalue weighted by molar-refractivity contribution is 6.30. The van der Waals surface area contributed by atoms with E-state index in [2.05, 4.69) is 25.2 Å². The van der Waals surface area contributed by atoms with E-state index in [1.807, 2.05) is 23.1 Å². The standard InChI is InChI=1S/C17H25ClN2O.ClH/c1-3-5-13(2)10-17(21)20-9-8-19-12-16(20)14-6-4-7-15(18)11-14;/h4,6-7,11,13,16,19H,3,5,8-10,12H2,1-2H3;1H. The third-order valence-corrected chi connectivity index (χ3v) is 4.34. The lowest BCUT2D eigenvalue weighted by Crippen LogP contribution is -2.49. The smallest absolute Gasteiger partial charge is 0.223 e. The van der Waals surface area contributed by atoms with Crippen molar-refractivity contribution < 1.29 is 4.79 Å². The number of hydrogen-bond acceptors (Lipinski definition) is 2. The van der Waals surface area contributed by atoms with E-state index >= 15 is 0 Å². The summed E-state index contributed by atoms with van der Waals surface area (Å²) < 4.78 is 0. The molecule has 0 spiro atoms. The van der Waals surface area contributed by atoms with Gasteiger partial charge in [-0.2, -0.15) is 0 Å². The molecule has 5 heteroatoms. The zero-order valence-electron chi connectivity index (χ0n) is 13.3. The van der Waals surface area contributed by atoms with E-state index in [0.717, 1.165) is 43.1 Å². The van der Waals surface area contributed by atoms with Gasteiger partial charge in [-0.1, -0.05) is 50.4 Å². The Hall–Kier alpha value is -0.770. The highest BCUT2D eigenvalue weighted by Crippen LogP contribution is 2.26. The van der Waals surface area contributed by atoms with Crippen LogP contribution in [0.3, 0.4) is 0 Å². The number of nitrogens with one attached hydrogen (secondary N) is 1. The van der Waals surface area contributed by atoms with Gasteiger partial charge in [0.05, 0.1) is 6.04 Å². The molecule has 1 aliphatic heterocycles. The van der Waals surface area contributed by atoms with Crippen LogP contribution in [0.15, 0.2) is 24.3 Å². The second kappa shape index (κ2) is 9.39. The maximum Gasteiger partial charge on any atom is 0.223 e. The van der Waals surface area contributed by atoms with E-state index < -0.39 is 0 Å². The Morgan fingerprint density at radius 1 is 1.50 bits per heavy atom. The van der Waals surface area contributed by atoms with E-state index in [1.54, 1.807) is 0 Å². The van der Waals surface area contributed by atoms with Crippen molar-refractivity contribution in [1.29, 1.82) is 0 Å². The van der Waals surface area contributed by atoms with Gasteiger partial charge in [0.2, 0.25) is 5.91 Å². The number of hydrogen-bond donors (Lipinski definition) is 1. The molecule has 1 N–H and O–H groups in total. The van der Waals surface area contributed by atoms with Crippen LogP contribution in [-0.4, -0.2) is 30.4 Å². The molecular weight excluding hydrogens is 319 g/mol. The van der Waals surface area contributed by atoms with Gasteiger partial charge in [0.15, 0.2) is 0 Å². The number of nitrogens with zero attached hydrogens (tertiary/aromatic N) is 1. The van der Waals surface area contributed by atoms with Crippen LogP contribution in [0.4, 0.5) is 0 Å². The highest BCUT2D eigenvalue weighted by atomic mass is 35.5. The van der Waals surface area contributed by atoms with Crippen LogP contribution in [0.1, 0.15) is 44.7 Å². The minimum atomic E-state index is 0. The van der Waals surface area contributed by atoms with Gasteiger partial charge in [0.1, 0.15) is 0 Å². The lowest BCUT2D eigenvalue weighted by Gasteiger charge is -2.37. The van der Waals surface area contributed by atoms with Gasteiger partial charge >= 0.3 is 0 Å². The van der Waals surface area contributed by atoms with Crippen LogP contribution in [0.2, 0.25) is 5.02 Å². The van der Waals surface area contributed by atoms with Crippen molar-refractivity contribution in [3.63, 3.8) is 0 Å². The van der Waals surface area contributed by atoms with Gasteiger partial charge in [-0.3, -0.25) is 4.79 Å². The van der Waals surface area contributed by atoms with Crippen molar-refractivity contribution in [1.82, 2.24) is 10.2 Å². The minimum Gasteiger partial charge on any atom is -0.333 e. The molecule has 3 nitrogen and oxygen atoms in total. The zero-order valence-corrected chi connectivity index (χ0v) is 14.9. The van der Waals surface area contributed by atoms with Crippen molar-refractivity contribution in [2.75, 3.05) is 19.6 Å². The van der Waals surface area contributed by atoms with Gasteiger partial charge in [-0.15, -0.1) is 12.4 Å². The predicted molar refractivity (Wildman–Crippen MR) is 94.7 cm³/mol. The maximum absolute atomic E-state index is 12.6. The van der Waals surface area contributed by atoms with Crippen molar-refractivity contribution in [3.05, 3.63) is 34.9 Å². The summed E-state index contributed by atoms with van der Waals surface area (Å²) in [6, 6.07) is 7.94. The topological polar surface area (TPSA) is 32.3 Å². The molecule has 0 bridgehead atoms. The van der Waals surface area contributed by atoms with Crippen molar-refractivity contribution in [2.45, 2.75) is 39.2 Å². The van der Waals surface area contributed by atoms with Crippen LogP contribution in [0, 0.1) is 5.92 Å². The summed E-state index contributed by atoms with van der Waals surface area (Å²) in [5.74, 6) is 0.722. The first-order valence-corrected chi connectivity index (χ1v) is 8.25. The molecule has 0 aliphatic carbocycles. The molecule has 1 aliphatic rings. The first-order valence-electron chi connectivity index (χ1n) is 7.87. The third kappa shape index (κ3) is 5.15. The summed E-state index contributed by atoms with van der Waals surface area (Å²) in [4.78, 5) is 14.6. The number of carbonyl (C=O) groups excluding carboxylic acids is 1. The molecule has 22 heavy (non-hydrogen) atoms. The number of carbonyl (C=O) groups is 1. The van der Waals surface area contributed by atoms with Crippen LogP contribution >= 0.6 is 24.0 Å². The van der Waals surface area contributed by atoms with Crippen molar-refractivity contribution in [3.8, 4) is 0 Å². The summed E-state index contributed by atoms with van der Waals surface area (Å²) in [5, 5.41) is 4.11. The summed E-state index contributed by atoms with van der Waals surface area (Å²) in [6.45, 7) is 6.77. The summed E-state index contributed by atoms with van der Waals surface area (Å²) in [7, 11) is 0. The Balaban J connectivity index is 0.00000242. The first kappa shape index (κ1) is 19.3. The molecule has 1 saturated heterocycles. The Morgan fingerprint density at radius 2 is 2.27 bits per heavy atom. The van der Waals surface area contributed by atoms with E-state index in [-0.39, 0.29) is 24.4 Å². The Kier molecular flexibility index (Phi) is 8.23. The summed E-state index contributed by atoms with van der Waals surface area (Å²) in [5.41, 5.74) is 1.12. The molecule has 1 amide bonds. The monoisotopic (exact) mass is 344 g/mol. The van der Waals surface area contributed by atoms with E-state index in [4.69, 9.17) is 11.6 Å². The van der Waals surface area contributed by atoms with Gasteiger partial charge < -0.3 is 10.2 Å². The van der Waals surface area contributed by atoms with Gasteiger partial charge in [-0.05, 0) is 23.6 Å². The number of rotatable bonds is 5. The second-order valence-corrected chi connectivity index (χ2v) is 6.40.